The van der Waals surface area contributed by atoms with Gasteiger partial charge in [0.2, 0.25) is 11.8 Å². The van der Waals surface area contributed by atoms with E-state index in [0.717, 1.165) is 59.3 Å². The lowest BCUT2D eigenvalue weighted by atomic mass is 10.0. The number of hydrogen-bond acceptors (Lipinski definition) is 10. The van der Waals surface area contributed by atoms with Gasteiger partial charge in [0, 0.05) is 27.3 Å². The smallest absolute Gasteiger partial charge is 0.407 e. The molecule has 2 aliphatic rings. The summed E-state index contributed by atoms with van der Waals surface area (Å²) >= 11 is 0. The van der Waals surface area contributed by atoms with Crippen LogP contribution in [-0.2, 0) is 28.5 Å². The standard InChI is InChI=1S/C44H58N8O8/c1-27(2)37(49-43(55)59-23-21-57-5)41(53)51-19-7-9-35(51)39-45-25-33(47-39)31-15-11-29(12-16-31)30-13-17-32(18-14-30)34-26-46-40(48-34)36-10-8-20-52(36)42(54)38(28(3)4)50-44(56)60-24-22-58-6/h11-18,25-28,35-38H,7-10,19-24H2,1-6H3,(H,45,47)(H,46,48)(H,49,55)(H,50,56)/t35-,36-,37-,38-/m0/s1. The first-order chi connectivity index (χ1) is 29.0. The van der Waals surface area contributed by atoms with Crippen LogP contribution in [0, 0.1) is 11.8 Å². The topological polar surface area (TPSA) is 193 Å². The molecule has 0 radical (unpaired) electrons. The molecule has 322 valence electrons. The van der Waals surface area contributed by atoms with Gasteiger partial charge in [-0.2, -0.15) is 0 Å². The fourth-order valence-corrected chi connectivity index (χ4v) is 7.78. The number of carbonyl (C=O) groups is 4. The summed E-state index contributed by atoms with van der Waals surface area (Å²) in [5, 5.41) is 5.49. The Morgan fingerprint density at radius 3 is 1.33 bits per heavy atom. The van der Waals surface area contributed by atoms with Crippen molar-refractivity contribution in [3.05, 3.63) is 72.6 Å². The number of alkyl carbamates (subject to hydrolysis) is 2. The average Bonchev–Trinajstić information content (AvgIpc) is 4.09. The van der Waals surface area contributed by atoms with Gasteiger partial charge in [-0.3, -0.25) is 9.59 Å². The number of ether oxygens (including phenoxy) is 4. The second kappa shape index (κ2) is 20.5. The second-order valence-corrected chi connectivity index (χ2v) is 15.9. The molecule has 2 aliphatic heterocycles. The molecule has 2 fully saturated rings. The highest BCUT2D eigenvalue weighted by Crippen LogP contribution is 2.35. The van der Waals surface area contributed by atoms with Crippen molar-refractivity contribution in [2.45, 2.75) is 77.5 Å². The van der Waals surface area contributed by atoms with Gasteiger partial charge in [0.15, 0.2) is 0 Å². The minimum absolute atomic E-state index is 0.105. The minimum Gasteiger partial charge on any atom is -0.447 e. The summed E-state index contributed by atoms with van der Waals surface area (Å²) in [6.07, 6.45) is 5.50. The Kier molecular flexibility index (Phi) is 15.0. The van der Waals surface area contributed by atoms with Gasteiger partial charge in [-0.15, -0.1) is 0 Å². The SMILES string of the molecule is COCCOC(=O)N[C@H](C(=O)N1CCC[C@H]1c1ncc(-c2ccc(-c3ccc(-c4cnc([C@@H]5CCCN5C(=O)[C@@H](NC(=O)OCCOC)C(C)C)[nH]4)cc3)cc2)[nH]1)C(C)C. The molecule has 2 aromatic heterocycles. The zero-order valence-corrected chi connectivity index (χ0v) is 35.4. The lowest BCUT2D eigenvalue weighted by Crippen LogP contribution is -2.51. The van der Waals surface area contributed by atoms with Gasteiger partial charge >= 0.3 is 12.2 Å². The Morgan fingerprint density at radius 1 is 0.617 bits per heavy atom. The first-order valence-electron chi connectivity index (χ1n) is 20.8. The molecule has 60 heavy (non-hydrogen) atoms. The van der Waals surface area contributed by atoms with Crippen LogP contribution >= 0.6 is 0 Å². The number of methoxy groups -OCH3 is 2. The Morgan fingerprint density at radius 2 is 0.983 bits per heavy atom. The number of likely N-dealkylation sites (tertiary alicyclic amines) is 2. The number of benzene rings is 2. The third-order valence-corrected chi connectivity index (χ3v) is 11.1. The molecule has 0 spiro atoms. The number of aromatic nitrogens is 4. The number of amides is 4. The van der Waals surface area contributed by atoms with Crippen molar-refractivity contribution in [3.8, 4) is 33.6 Å². The quantitative estimate of drug-likeness (QED) is 0.0884. The molecule has 4 N–H and O–H groups in total. The maximum absolute atomic E-state index is 13.7. The van der Waals surface area contributed by atoms with Gasteiger partial charge in [0.1, 0.15) is 36.9 Å². The van der Waals surface area contributed by atoms with Crippen molar-refractivity contribution >= 4 is 24.0 Å². The minimum atomic E-state index is -0.729. The summed E-state index contributed by atoms with van der Waals surface area (Å²) in [6, 6.07) is 14.5. The summed E-state index contributed by atoms with van der Waals surface area (Å²) in [6.45, 7) is 9.51. The van der Waals surface area contributed by atoms with E-state index in [0.29, 0.717) is 24.7 Å². The van der Waals surface area contributed by atoms with Crippen molar-refractivity contribution in [1.29, 1.82) is 0 Å². The van der Waals surface area contributed by atoms with Gasteiger partial charge in [-0.05, 0) is 59.8 Å². The highest BCUT2D eigenvalue weighted by atomic mass is 16.6. The van der Waals surface area contributed by atoms with Crippen LogP contribution in [0.1, 0.15) is 77.1 Å². The number of imidazole rings is 2. The van der Waals surface area contributed by atoms with Crippen LogP contribution in [0.2, 0.25) is 0 Å². The highest BCUT2D eigenvalue weighted by molar-refractivity contribution is 5.87. The number of aromatic amines is 2. The summed E-state index contributed by atoms with van der Waals surface area (Å²) in [7, 11) is 3.06. The predicted octanol–water partition coefficient (Wildman–Crippen LogP) is 6.26. The number of H-pyrrole nitrogens is 2. The molecule has 2 aromatic carbocycles. The highest BCUT2D eigenvalue weighted by Gasteiger charge is 2.39. The Bertz CT molecular complexity index is 1900. The zero-order chi connectivity index (χ0) is 42.8. The number of hydrogen-bond donors (Lipinski definition) is 4. The molecular weight excluding hydrogens is 769 g/mol. The first kappa shape index (κ1) is 43.8. The maximum Gasteiger partial charge on any atom is 0.407 e. The Balaban J connectivity index is 1.07. The van der Waals surface area contributed by atoms with E-state index in [9.17, 15) is 19.2 Å². The second-order valence-electron chi connectivity index (χ2n) is 15.9. The van der Waals surface area contributed by atoms with E-state index in [-0.39, 0.29) is 62.2 Å². The molecule has 16 heteroatoms. The van der Waals surface area contributed by atoms with Crippen molar-refractivity contribution in [3.63, 3.8) is 0 Å². The number of rotatable bonds is 17. The van der Waals surface area contributed by atoms with Crippen LogP contribution in [0.15, 0.2) is 60.9 Å². The van der Waals surface area contributed by atoms with E-state index in [1.165, 1.54) is 14.2 Å². The van der Waals surface area contributed by atoms with E-state index in [2.05, 4.69) is 44.9 Å². The first-order valence-corrected chi connectivity index (χ1v) is 20.8. The molecule has 4 aromatic rings. The van der Waals surface area contributed by atoms with Crippen LogP contribution in [-0.4, -0.2) is 120 Å². The Labute approximate surface area is 351 Å². The molecule has 6 rings (SSSR count). The van der Waals surface area contributed by atoms with Gasteiger partial charge in [0.05, 0.1) is 49.1 Å². The fraction of sp³-hybridized carbons (Fsp3) is 0.500. The number of carbonyl (C=O) groups excluding carboxylic acids is 4. The van der Waals surface area contributed by atoms with Crippen LogP contribution < -0.4 is 10.6 Å². The van der Waals surface area contributed by atoms with Gasteiger partial charge < -0.3 is 49.3 Å². The zero-order valence-electron chi connectivity index (χ0n) is 35.4. The van der Waals surface area contributed by atoms with Gasteiger partial charge in [0.25, 0.3) is 0 Å². The van der Waals surface area contributed by atoms with Crippen molar-refractivity contribution in [2.75, 3.05) is 53.7 Å². The van der Waals surface area contributed by atoms with E-state index in [1.807, 2.05) is 52.0 Å². The average molecular weight is 827 g/mol. The molecule has 4 amide bonds. The molecule has 0 bridgehead atoms. The monoisotopic (exact) mass is 826 g/mol. The summed E-state index contributed by atoms with van der Waals surface area (Å²) in [5.41, 5.74) is 5.72. The van der Waals surface area contributed by atoms with Crippen LogP contribution in [0.4, 0.5) is 9.59 Å². The lowest BCUT2D eigenvalue weighted by molar-refractivity contribution is -0.136. The number of nitrogens with zero attached hydrogens (tertiary/aromatic N) is 4. The van der Waals surface area contributed by atoms with Crippen molar-refractivity contribution in [1.82, 2.24) is 40.4 Å². The number of nitrogens with one attached hydrogen (secondary N) is 4. The summed E-state index contributed by atoms with van der Waals surface area (Å²) in [4.78, 5) is 72.1. The van der Waals surface area contributed by atoms with Crippen LogP contribution in [0.25, 0.3) is 33.6 Å². The maximum atomic E-state index is 13.7. The van der Waals surface area contributed by atoms with Crippen LogP contribution in [0.5, 0.6) is 0 Å². The molecule has 0 saturated carbocycles. The van der Waals surface area contributed by atoms with Gasteiger partial charge in [-0.25, -0.2) is 19.6 Å². The van der Waals surface area contributed by atoms with E-state index in [1.54, 1.807) is 22.2 Å². The van der Waals surface area contributed by atoms with E-state index < -0.39 is 24.3 Å². The Hall–Kier alpha value is -5.74. The molecule has 2 saturated heterocycles. The van der Waals surface area contributed by atoms with Crippen LogP contribution in [0.3, 0.4) is 0 Å². The van der Waals surface area contributed by atoms with E-state index >= 15 is 0 Å². The fourth-order valence-electron chi connectivity index (χ4n) is 7.78. The summed E-state index contributed by atoms with van der Waals surface area (Å²) in [5.74, 6) is 0.828. The molecular formula is C44H58N8O8. The third kappa shape index (κ3) is 10.5. The molecule has 4 heterocycles. The summed E-state index contributed by atoms with van der Waals surface area (Å²) < 4.78 is 20.2. The third-order valence-electron chi connectivity index (χ3n) is 11.1. The van der Waals surface area contributed by atoms with Crippen molar-refractivity contribution in [2.24, 2.45) is 11.8 Å². The molecule has 0 unspecified atom stereocenters. The molecule has 16 nitrogen and oxygen atoms in total. The largest absolute Gasteiger partial charge is 0.447 e. The molecule has 0 aliphatic carbocycles. The predicted molar refractivity (Wildman–Crippen MR) is 224 cm³/mol. The normalized spacial score (nSPS) is 17.5. The lowest BCUT2D eigenvalue weighted by Gasteiger charge is -2.30. The van der Waals surface area contributed by atoms with Gasteiger partial charge in [-0.1, -0.05) is 76.2 Å². The molecule has 4 atom stereocenters. The van der Waals surface area contributed by atoms with E-state index in [4.69, 9.17) is 28.9 Å². The van der Waals surface area contributed by atoms with Crippen molar-refractivity contribution < 1.29 is 38.1 Å².